The van der Waals surface area contributed by atoms with Gasteiger partial charge in [-0.05, 0) is 48.4 Å². The third-order valence-corrected chi connectivity index (χ3v) is 3.81. The van der Waals surface area contributed by atoms with Gasteiger partial charge in [-0.2, -0.15) is 0 Å². The van der Waals surface area contributed by atoms with Crippen LogP contribution in [0.25, 0.3) is 0 Å². The summed E-state index contributed by atoms with van der Waals surface area (Å²) < 4.78 is 15.7. The lowest BCUT2D eigenvalue weighted by Crippen LogP contribution is -2.15. The second-order valence-electron chi connectivity index (χ2n) is 5.84. The highest BCUT2D eigenvalue weighted by molar-refractivity contribution is 5.98. The lowest BCUT2D eigenvalue weighted by Gasteiger charge is -2.07. The molecule has 0 bridgehead atoms. The van der Waals surface area contributed by atoms with Crippen molar-refractivity contribution < 1.29 is 23.8 Å². The van der Waals surface area contributed by atoms with Gasteiger partial charge < -0.3 is 14.2 Å². The minimum atomic E-state index is -0.442. The second kappa shape index (κ2) is 10.2. The van der Waals surface area contributed by atoms with Gasteiger partial charge in [-0.15, -0.1) is 0 Å². The van der Waals surface area contributed by atoms with E-state index in [-0.39, 0.29) is 18.8 Å². The largest absolute Gasteiger partial charge is 0.497 e. The van der Waals surface area contributed by atoms with Crippen LogP contribution in [0.3, 0.4) is 0 Å². The van der Waals surface area contributed by atoms with Crippen LogP contribution in [-0.4, -0.2) is 32.1 Å². The summed E-state index contributed by atoms with van der Waals surface area (Å²) in [5.74, 6) is 0.766. The number of Topliss-reactive ketones (excluding diaryl/α,β-unsaturated/α-hetero) is 1. The maximum Gasteiger partial charge on any atom is 0.310 e. The first-order valence-corrected chi connectivity index (χ1v) is 8.67. The number of hydrogen-bond acceptors (Lipinski definition) is 5. The third-order valence-electron chi connectivity index (χ3n) is 3.81. The van der Waals surface area contributed by atoms with Crippen LogP contribution in [0.2, 0.25) is 0 Å². The van der Waals surface area contributed by atoms with E-state index >= 15 is 0 Å². The Morgan fingerprint density at radius 2 is 1.58 bits per heavy atom. The normalized spacial score (nSPS) is 10.2. The number of ether oxygens (including phenoxy) is 3. The van der Waals surface area contributed by atoms with E-state index in [4.69, 9.17) is 14.2 Å². The van der Waals surface area contributed by atoms with Crippen molar-refractivity contribution in [2.24, 2.45) is 0 Å². The molecule has 0 amide bonds. The van der Waals surface area contributed by atoms with Gasteiger partial charge in [-0.25, -0.2) is 0 Å². The molecule has 0 spiro atoms. The van der Waals surface area contributed by atoms with E-state index in [1.165, 1.54) is 0 Å². The van der Waals surface area contributed by atoms with Gasteiger partial charge in [0.25, 0.3) is 0 Å². The number of ketones is 1. The molecule has 0 aliphatic heterocycles. The summed E-state index contributed by atoms with van der Waals surface area (Å²) in [5.41, 5.74) is 1.29. The number of hydrogen-bond donors (Lipinski definition) is 0. The first-order chi connectivity index (χ1) is 12.6. The minimum Gasteiger partial charge on any atom is -0.497 e. The number of benzene rings is 2. The molecule has 0 unspecified atom stereocenters. The van der Waals surface area contributed by atoms with Crippen LogP contribution in [0, 0.1) is 0 Å². The maximum atomic E-state index is 12.1. The highest BCUT2D eigenvalue weighted by atomic mass is 16.5. The van der Waals surface area contributed by atoms with E-state index in [2.05, 4.69) is 6.92 Å². The number of methoxy groups -OCH3 is 1. The molecule has 5 nitrogen and oxygen atoms in total. The zero-order valence-electron chi connectivity index (χ0n) is 15.2. The Bertz CT molecular complexity index is 704. The number of unbranched alkanes of at least 4 members (excludes halogenated alkanes) is 1. The van der Waals surface area contributed by atoms with Crippen LogP contribution in [0.1, 0.15) is 35.7 Å². The Kier molecular flexibility index (Phi) is 7.68. The van der Waals surface area contributed by atoms with Crippen molar-refractivity contribution in [3.05, 3.63) is 59.7 Å². The van der Waals surface area contributed by atoms with Gasteiger partial charge in [0.1, 0.15) is 11.5 Å². The van der Waals surface area contributed by atoms with Gasteiger partial charge in [0.15, 0.2) is 12.4 Å². The summed E-state index contributed by atoms with van der Waals surface area (Å²) in [5, 5.41) is 0. The monoisotopic (exact) mass is 356 g/mol. The van der Waals surface area contributed by atoms with Gasteiger partial charge >= 0.3 is 5.97 Å². The van der Waals surface area contributed by atoms with Crippen molar-refractivity contribution in [1.82, 2.24) is 0 Å². The van der Waals surface area contributed by atoms with E-state index in [0.717, 1.165) is 29.9 Å². The predicted octanol–water partition coefficient (Wildman–Crippen LogP) is 3.84. The molecule has 0 aromatic heterocycles. The summed E-state index contributed by atoms with van der Waals surface area (Å²) in [4.78, 5) is 24.0. The topological polar surface area (TPSA) is 61.8 Å². The third kappa shape index (κ3) is 6.24. The van der Waals surface area contributed by atoms with Gasteiger partial charge in [-0.1, -0.05) is 25.5 Å². The highest BCUT2D eigenvalue weighted by Crippen LogP contribution is 2.14. The van der Waals surface area contributed by atoms with E-state index in [0.29, 0.717) is 12.2 Å². The first kappa shape index (κ1) is 19.5. The van der Waals surface area contributed by atoms with Crippen LogP contribution in [0.4, 0.5) is 0 Å². The lowest BCUT2D eigenvalue weighted by molar-refractivity contribution is -0.141. The predicted molar refractivity (Wildman–Crippen MR) is 98.8 cm³/mol. The number of carbonyl (C=O) groups excluding carboxylic acids is 2. The highest BCUT2D eigenvalue weighted by Gasteiger charge is 2.11. The zero-order chi connectivity index (χ0) is 18.8. The Hall–Kier alpha value is -2.82. The summed E-state index contributed by atoms with van der Waals surface area (Å²) >= 11 is 0. The molecule has 0 saturated carbocycles. The van der Waals surface area contributed by atoms with E-state index < -0.39 is 5.97 Å². The smallest absolute Gasteiger partial charge is 0.310 e. The molecule has 0 heterocycles. The molecule has 2 aromatic carbocycles. The second-order valence-corrected chi connectivity index (χ2v) is 5.84. The van der Waals surface area contributed by atoms with E-state index in [1.807, 2.05) is 0 Å². The molecule has 0 N–H and O–H groups in total. The van der Waals surface area contributed by atoms with Crippen molar-refractivity contribution in [3.8, 4) is 11.5 Å². The Labute approximate surface area is 153 Å². The number of carbonyl (C=O) groups is 2. The summed E-state index contributed by atoms with van der Waals surface area (Å²) in [6.07, 6.45) is 2.17. The quantitative estimate of drug-likeness (QED) is 0.368. The molecule has 2 aromatic rings. The van der Waals surface area contributed by atoms with Crippen LogP contribution in [-0.2, 0) is 16.0 Å². The molecule has 0 aliphatic rings. The Morgan fingerprint density at radius 1 is 0.923 bits per heavy atom. The molecule has 0 atom stereocenters. The van der Waals surface area contributed by atoms with Gasteiger partial charge in [0.2, 0.25) is 0 Å². The molecule has 0 saturated heterocycles. The average molecular weight is 356 g/mol. The fourth-order valence-electron chi connectivity index (χ4n) is 2.26. The summed E-state index contributed by atoms with van der Waals surface area (Å²) in [7, 11) is 1.58. The fourth-order valence-corrected chi connectivity index (χ4v) is 2.26. The molecule has 0 fully saturated rings. The number of esters is 1. The van der Waals surface area contributed by atoms with Crippen molar-refractivity contribution in [2.45, 2.75) is 26.2 Å². The van der Waals surface area contributed by atoms with E-state index in [1.54, 1.807) is 55.6 Å². The molecular weight excluding hydrogens is 332 g/mol. The Balaban J connectivity index is 1.78. The van der Waals surface area contributed by atoms with Gasteiger partial charge in [-0.3, -0.25) is 9.59 Å². The molecule has 0 aliphatic carbocycles. The summed E-state index contributed by atoms with van der Waals surface area (Å²) in [6, 6.07) is 14.0. The van der Waals surface area contributed by atoms with Crippen LogP contribution < -0.4 is 9.47 Å². The average Bonchev–Trinajstić information content (AvgIpc) is 2.67. The van der Waals surface area contributed by atoms with Gasteiger partial charge in [0.05, 0.1) is 20.1 Å². The lowest BCUT2D eigenvalue weighted by atomic mass is 10.1. The maximum absolute atomic E-state index is 12.1. The fraction of sp³-hybridized carbons (Fsp3) is 0.333. The zero-order valence-corrected chi connectivity index (χ0v) is 15.2. The molecule has 138 valence electrons. The van der Waals surface area contributed by atoms with Crippen LogP contribution in [0.5, 0.6) is 11.5 Å². The molecular formula is C21H24O5. The van der Waals surface area contributed by atoms with Crippen molar-refractivity contribution in [3.63, 3.8) is 0 Å². The SMILES string of the molecule is CCCCOc1ccc(C(=O)COC(=O)Cc2ccc(OC)cc2)cc1. The summed E-state index contributed by atoms with van der Waals surface area (Å²) in [6.45, 7) is 2.48. The first-order valence-electron chi connectivity index (χ1n) is 8.67. The molecule has 26 heavy (non-hydrogen) atoms. The number of rotatable bonds is 10. The van der Waals surface area contributed by atoms with Gasteiger partial charge in [0, 0.05) is 5.56 Å². The minimum absolute atomic E-state index is 0.113. The van der Waals surface area contributed by atoms with Crippen LogP contribution >= 0.6 is 0 Å². The van der Waals surface area contributed by atoms with Crippen molar-refractivity contribution in [2.75, 3.05) is 20.3 Å². The Morgan fingerprint density at radius 3 is 2.19 bits per heavy atom. The molecule has 2 rings (SSSR count). The standard InChI is InChI=1S/C21H24O5/c1-3-4-13-25-19-11-7-17(8-12-19)20(22)15-26-21(23)14-16-5-9-18(24-2)10-6-16/h5-12H,3-4,13-15H2,1-2H3. The van der Waals surface area contributed by atoms with E-state index in [9.17, 15) is 9.59 Å². The van der Waals surface area contributed by atoms with Crippen LogP contribution in [0.15, 0.2) is 48.5 Å². The van der Waals surface area contributed by atoms with Crippen molar-refractivity contribution >= 4 is 11.8 Å². The molecule has 0 radical (unpaired) electrons. The van der Waals surface area contributed by atoms with Crippen molar-refractivity contribution in [1.29, 1.82) is 0 Å². The molecule has 5 heteroatoms.